The minimum absolute atomic E-state index is 0.175. The summed E-state index contributed by atoms with van der Waals surface area (Å²) < 4.78 is 0. The molecule has 0 radical (unpaired) electrons. The number of carbonyl (C=O) groups is 1. The normalized spacial score (nSPS) is 17.8. The lowest BCUT2D eigenvalue weighted by molar-refractivity contribution is -0.112. The number of allylic oxidation sites excluding steroid dienone is 3. The first-order valence-corrected chi connectivity index (χ1v) is 4.20. The topological polar surface area (TPSA) is 17.1 Å². The Bertz CT molecular complexity index is 213. The Morgan fingerprint density at radius 3 is 2.70 bits per heavy atom. The second kappa shape index (κ2) is 3.06. The van der Waals surface area contributed by atoms with Crippen LogP contribution in [-0.4, -0.2) is 11.5 Å². The average molecular weight is 154 g/mol. The second-order valence-electron chi connectivity index (χ2n) is 2.39. The van der Waals surface area contributed by atoms with Gasteiger partial charge in [-0.25, -0.2) is 0 Å². The molecule has 0 fully saturated rings. The number of thioether (sulfide) groups is 1. The van der Waals surface area contributed by atoms with E-state index in [0.29, 0.717) is 0 Å². The second-order valence-corrected chi connectivity index (χ2v) is 3.41. The molecule has 54 valence electrons. The molecule has 0 aromatic heterocycles. The third-order valence-electron chi connectivity index (χ3n) is 1.32. The van der Waals surface area contributed by atoms with E-state index in [1.165, 1.54) is 5.57 Å². The molecule has 0 bridgehead atoms. The Labute approximate surface area is 65.2 Å². The van der Waals surface area contributed by atoms with Gasteiger partial charge in [0.2, 0.25) is 0 Å². The Morgan fingerprint density at radius 2 is 2.30 bits per heavy atom. The van der Waals surface area contributed by atoms with Gasteiger partial charge in [0.25, 0.3) is 0 Å². The van der Waals surface area contributed by atoms with Gasteiger partial charge in [0.15, 0.2) is 5.78 Å². The van der Waals surface area contributed by atoms with E-state index in [2.05, 4.69) is 6.92 Å². The van der Waals surface area contributed by atoms with Crippen LogP contribution in [0.1, 0.15) is 13.8 Å². The number of hydrogen-bond acceptors (Lipinski definition) is 2. The third-order valence-corrected chi connectivity index (χ3v) is 2.66. The summed E-state index contributed by atoms with van der Waals surface area (Å²) in [6.07, 6.45) is 3.90. The van der Waals surface area contributed by atoms with Crippen LogP contribution in [0.15, 0.2) is 22.6 Å². The Morgan fingerprint density at radius 1 is 1.60 bits per heavy atom. The minimum atomic E-state index is 0.175. The van der Waals surface area contributed by atoms with Crippen LogP contribution in [0.3, 0.4) is 0 Å². The van der Waals surface area contributed by atoms with E-state index in [1.54, 1.807) is 18.7 Å². The van der Waals surface area contributed by atoms with E-state index in [-0.39, 0.29) is 5.78 Å². The predicted octanol–water partition coefficient (Wildman–Crippen LogP) is 2.15. The summed E-state index contributed by atoms with van der Waals surface area (Å²) in [6.45, 7) is 3.67. The van der Waals surface area contributed by atoms with Crippen LogP contribution >= 0.6 is 11.8 Å². The summed E-state index contributed by atoms with van der Waals surface area (Å²) in [4.78, 5) is 11.7. The zero-order valence-electron chi connectivity index (χ0n) is 6.18. The SMILES string of the molecule is CC(=O)C1=CC=C(C)CS1. The highest BCUT2D eigenvalue weighted by Gasteiger charge is 2.06. The predicted molar refractivity (Wildman–Crippen MR) is 45.0 cm³/mol. The van der Waals surface area contributed by atoms with Crippen LogP contribution in [0.5, 0.6) is 0 Å². The fourth-order valence-corrected chi connectivity index (χ4v) is 1.57. The lowest BCUT2D eigenvalue weighted by Gasteiger charge is -2.07. The molecule has 1 heterocycles. The molecule has 0 amide bonds. The largest absolute Gasteiger partial charge is 0.294 e. The van der Waals surface area contributed by atoms with Gasteiger partial charge < -0.3 is 0 Å². The first-order valence-electron chi connectivity index (χ1n) is 3.21. The molecule has 1 aliphatic heterocycles. The van der Waals surface area contributed by atoms with Gasteiger partial charge in [0.05, 0.1) is 4.91 Å². The highest BCUT2D eigenvalue weighted by Crippen LogP contribution is 2.23. The van der Waals surface area contributed by atoms with Crippen LogP contribution in [0.25, 0.3) is 0 Å². The average Bonchev–Trinajstić information content (AvgIpc) is 1.88. The summed E-state index contributed by atoms with van der Waals surface area (Å²) in [7, 11) is 0. The summed E-state index contributed by atoms with van der Waals surface area (Å²) in [5.41, 5.74) is 1.33. The van der Waals surface area contributed by atoms with Gasteiger partial charge in [0.1, 0.15) is 0 Å². The van der Waals surface area contributed by atoms with E-state index >= 15 is 0 Å². The van der Waals surface area contributed by atoms with Gasteiger partial charge in [-0.1, -0.05) is 11.6 Å². The van der Waals surface area contributed by atoms with Gasteiger partial charge in [-0.05, 0) is 19.9 Å². The number of hydrogen-bond donors (Lipinski definition) is 0. The lowest BCUT2D eigenvalue weighted by Crippen LogP contribution is -1.97. The molecular weight excluding hydrogens is 144 g/mol. The van der Waals surface area contributed by atoms with Crippen molar-refractivity contribution in [2.75, 3.05) is 5.75 Å². The van der Waals surface area contributed by atoms with Crippen molar-refractivity contribution in [2.45, 2.75) is 13.8 Å². The van der Waals surface area contributed by atoms with Crippen LogP contribution in [0.2, 0.25) is 0 Å². The van der Waals surface area contributed by atoms with Crippen molar-refractivity contribution < 1.29 is 4.79 Å². The van der Waals surface area contributed by atoms with E-state index in [4.69, 9.17) is 0 Å². The maximum Gasteiger partial charge on any atom is 0.166 e. The summed E-state index contributed by atoms with van der Waals surface area (Å²) >= 11 is 1.62. The maximum absolute atomic E-state index is 10.8. The highest BCUT2D eigenvalue weighted by atomic mass is 32.2. The molecule has 1 aliphatic rings. The van der Waals surface area contributed by atoms with Crippen molar-refractivity contribution in [1.29, 1.82) is 0 Å². The van der Waals surface area contributed by atoms with E-state index in [1.807, 2.05) is 12.2 Å². The van der Waals surface area contributed by atoms with Crippen LogP contribution in [0, 0.1) is 0 Å². The van der Waals surface area contributed by atoms with Crippen molar-refractivity contribution >= 4 is 17.5 Å². The molecule has 0 saturated heterocycles. The monoisotopic (exact) mass is 154 g/mol. The van der Waals surface area contributed by atoms with Crippen molar-refractivity contribution in [3.63, 3.8) is 0 Å². The van der Waals surface area contributed by atoms with E-state index in [0.717, 1.165) is 10.7 Å². The van der Waals surface area contributed by atoms with Crippen molar-refractivity contribution in [3.8, 4) is 0 Å². The lowest BCUT2D eigenvalue weighted by atomic mass is 10.3. The fraction of sp³-hybridized carbons (Fsp3) is 0.375. The number of ketones is 1. The molecule has 0 unspecified atom stereocenters. The zero-order chi connectivity index (χ0) is 7.56. The number of carbonyl (C=O) groups excluding carboxylic acids is 1. The molecule has 0 atom stereocenters. The van der Waals surface area contributed by atoms with Crippen molar-refractivity contribution in [2.24, 2.45) is 0 Å². The van der Waals surface area contributed by atoms with Gasteiger partial charge in [-0.15, -0.1) is 11.8 Å². The Balaban J connectivity index is 2.74. The quantitative estimate of drug-likeness (QED) is 0.575. The molecule has 10 heavy (non-hydrogen) atoms. The zero-order valence-corrected chi connectivity index (χ0v) is 6.99. The van der Waals surface area contributed by atoms with Crippen molar-refractivity contribution in [3.05, 3.63) is 22.6 Å². The van der Waals surface area contributed by atoms with Gasteiger partial charge in [-0.2, -0.15) is 0 Å². The van der Waals surface area contributed by atoms with Crippen molar-refractivity contribution in [1.82, 2.24) is 0 Å². The standard InChI is InChI=1S/C8H10OS/c1-6-3-4-8(7(2)9)10-5-6/h3-4H,5H2,1-2H3. The van der Waals surface area contributed by atoms with Crippen LogP contribution in [-0.2, 0) is 4.79 Å². The molecule has 0 spiro atoms. The van der Waals surface area contributed by atoms with Gasteiger partial charge in [0, 0.05) is 5.75 Å². The minimum Gasteiger partial charge on any atom is -0.294 e. The molecular formula is C8H10OS. The fourth-order valence-electron chi connectivity index (χ4n) is 0.725. The molecule has 1 nitrogen and oxygen atoms in total. The van der Waals surface area contributed by atoms with E-state index in [9.17, 15) is 4.79 Å². The van der Waals surface area contributed by atoms with Crippen LogP contribution < -0.4 is 0 Å². The highest BCUT2D eigenvalue weighted by molar-refractivity contribution is 8.04. The maximum atomic E-state index is 10.8. The molecule has 0 N–H and O–H groups in total. The molecule has 0 aliphatic carbocycles. The number of Topliss-reactive ketones (excluding diaryl/α,β-unsaturated/α-hetero) is 1. The van der Waals surface area contributed by atoms with E-state index < -0.39 is 0 Å². The Hall–Kier alpha value is -0.500. The molecule has 0 saturated carbocycles. The first kappa shape index (κ1) is 7.61. The van der Waals surface area contributed by atoms with Gasteiger partial charge in [-0.3, -0.25) is 4.79 Å². The summed E-state index contributed by atoms with van der Waals surface area (Å²) in [6, 6.07) is 0. The molecule has 1 rings (SSSR count). The summed E-state index contributed by atoms with van der Waals surface area (Å²) in [5, 5.41) is 0. The Kier molecular flexibility index (Phi) is 2.33. The summed E-state index contributed by atoms with van der Waals surface area (Å²) in [5.74, 6) is 1.14. The number of rotatable bonds is 1. The smallest absolute Gasteiger partial charge is 0.166 e. The first-order chi connectivity index (χ1) is 4.70. The molecule has 0 aromatic carbocycles. The van der Waals surface area contributed by atoms with Crippen LogP contribution in [0.4, 0.5) is 0 Å². The third kappa shape index (κ3) is 1.74. The molecule has 2 heteroatoms. The molecule has 0 aromatic rings. The van der Waals surface area contributed by atoms with Gasteiger partial charge >= 0.3 is 0 Å².